The summed E-state index contributed by atoms with van der Waals surface area (Å²) < 4.78 is 5.31. The molecule has 29 heavy (non-hydrogen) atoms. The number of furan rings is 1. The fourth-order valence-electron chi connectivity index (χ4n) is 4.18. The second-order valence-corrected chi connectivity index (χ2v) is 7.48. The van der Waals surface area contributed by atoms with Gasteiger partial charge in [0.15, 0.2) is 0 Å². The van der Waals surface area contributed by atoms with Gasteiger partial charge < -0.3 is 14.6 Å². The maximum absolute atomic E-state index is 13.4. The molecule has 1 aliphatic heterocycles. The van der Waals surface area contributed by atoms with Crippen LogP contribution < -0.4 is 10.2 Å². The van der Waals surface area contributed by atoms with Crippen molar-refractivity contribution in [2.45, 2.75) is 24.7 Å². The number of carbonyl (C=O) groups is 2. The molecule has 0 unspecified atom stereocenters. The number of carbonyl (C=O) groups excluding carboxylic acids is 2. The minimum atomic E-state index is -0.901. The fourth-order valence-corrected chi connectivity index (χ4v) is 4.18. The molecule has 148 valence electrons. The van der Waals surface area contributed by atoms with E-state index in [-0.39, 0.29) is 18.2 Å². The first-order valence-corrected chi connectivity index (χ1v) is 9.81. The molecule has 2 aromatic carbocycles. The molecule has 5 nitrogen and oxygen atoms in total. The predicted molar refractivity (Wildman–Crippen MR) is 112 cm³/mol. The van der Waals surface area contributed by atoms with E-state index in [2.05, 4.69) is 5.32 Å². The minimum Gasteiger partial charge on any atom is -0.469 e. The number of hydrogen-bond donors (Lipinski definition) is 1. The second-order valence-electron chi connectivity index (χ2n) is 7.48. The highest BCUT2D eigenvalue weighted by Crippen LogP contribution is 2.45. The van der Waals surface area contributed by atoms with E-state index in [4.69, 9.17) is 4.42 Å². The molecule has 2 amide bonds. The second kappa shape index (κ2) is 7.95. The van der Waals surface area contributed by atoms with E-state index < -0.39 is 5.41 Å². The van der Waals surface area contributed by atoms with Crippen molar-refractivity contribution in [3.63, 3.8) is 0 Å². The number of amides is 2. The molecule has 1 aliphatic rings. The van der Waals surface area contributed by atoms with Crippen LogP contribution in [0.5, 0.6) is 0 Å². The summed E-state index contributed by atoms with van der Waals surface area (Å²) in [6.07, 6.45) is 2.84. The molecular formula is C24H24N2O3. The van der Waals surface area contributed by atoms with Crippen molar-refractivity contribution in [2.24, 2.45) is 0 Å². The molecule has 0 spiro atoms. The maximum atomic E-state index is 13.4. The van der Waals surface area contributed by atoms with Crippen molar-refractivity contribution < 1.29 is 14.0 Å². The normalized spacial score (nSPS) is 18.0. The topological polar surface area (TPSA) is 62.6 Å². The van der Waals surface area contributed by atoms with Crippen LogP contribution in [0.15, 0.2) is 77.4 Å². The van der Waals surface area contributed by atoms with E-state index in [9.17, 15) is 9.59 Å². The van der Waals surface area contributed by atoms with Crippen molar-refractivity contribution in [3.8, 4) is 0 Å². The number of nitrogens with one attached hydrogen (secondary N) is 1. The lowest BCUT2D eigenvalue weighted by atomic mass is 9.73. The van der Waals surface area contributed by atoms with Gasteiger partial charge >= 0.3 is 0 Å². The SMILES string of the molecule is CN1C(=O)[C@@](CC(=O)NCCc2ccco2)(Cc2ccccc2)c2ccccc21. The number of likely N-dealkylation sites (N-methyl/N-ethyl adjacent to an activating group) is 1. The summed E-state index contributed by atoms with van der Waals surface area (Å²) in [7, 11) is 1.78. The Bertz CT molecular complexity index is 998. The third-order valence-corrected chi connectivity index (χ3v) is 5.58. The van der Waals surface area contributed by atoms with Gasteiger partial charge in [0.25, 0.3) is 0 Å². The molecule has 0 fully saturated rings. The number of rotatable bonds is 7. The van der Waals surface area contributed by atoms with Gasteiger partial charge in [-0.25, -0.2) is 0 Å². The molecule has 3 aromatic rings. The van der Waals surface area contributed by atoms with Gasteiger partial charge in [0, 0.05) is 32.1 Å². The van der Waals surface area contributed by atoms with E-state index in [1.807, 2.05) is 66.7 Å². The summed E-state index contributed by atoms with van der Waals surface area (Å²) in [5.74, 6) is 0.654. The average molecular weight is 388 g/mol. The quantitative estimate of drug-likeness (QED) is 0.674. The highest BCUT2D eigenvalue weighted by atomic mass is 16.3. The van der Waals surface area contributed by atoms with E-state index in [0.717, 1.165) is 22.6 Å². The Hall–Kier alpha value is -3.34. The Morgan fingerprint density at radius 2 is 1.79 bits per heavy atom. The minimum absolute atomic E-state index is 0.0382. The van der Waals surface area contributed by atoms with Crippen molar-refractivity contribution in [1.82, 2.24) is 5.32 Å². The number of para-hydroxylation sites is 1. The first-order chi connectivity index (χ1) is 14.1. The van der Waals surface area contributed by atoms with Crippen LogP contribution in [0.1, 0.15) is 23.3 Å². The Morgan fingerprint density at radius 1 is 1.03 bits per heavy atom. The van der Waals surface area contributed by atoms with E-state index in [0.29, 0.717) is 19.4 Å². The Kier molecular flexibility index (Phi) is 5.21. The highest BCUT2D eigenvalue weighted by molar-refractivity contribution is 6.09. The molecule has 4 rings (SSSR count). The molecule has 0 saturated heterocycles. The number of benzene rings is 2. The molecule has 0 saturated carbocycles. The molecule has 0 aliphatic carbocycles. The van der Waals surface area contributed by atoms with Crippen molar-refractivity contribution in [1.29, 1.82) is 0 Å². The molecule has 1 atom stereocenters. The van der Waals surface area contributed by atoms with Crippen LogP contribution in [0.25, 0.3) is 0 Å². The summed E-state index contributed by atoms with van der Waals surface area (Å²) in [5, 5.41) is 2.95. The fraction of sp³-hybridized carbons (Fsp3) is 0.250. The van der Waals surface area contributed by atoms with Gasteiger partial charge in [0.05, 0.1) is 11.7 Å². The number of anilines is 1. The predicted octanol–water partition coefficient (Wildman–Crippen LogP) is 3.49. The number of hydrogen-bond acceptors (Lipinski definition) is 3. The molecule has 1 aromatic heterocycles. The van der Waals surface area contributed by atoms with E-state index in [1.54, 1.807) is 18.2 Å². The smallest absolute Gasteiger partial charge is 0.238 e. The van der Waals surface area contributed by atoms with Crippen molar-refractivity contribution >= 4 is 17.5 Å². The van der Waals surface area contributed by atoms with Crippen LogP contribution in [0.4, 0.5) is 5.69 Å². The number of nitrogens with zero attached hydrogens (tertiary/aromatic N) is 1. The highest BCUT2D eigenvalue weighted by Gasteiger charge is 2.50. The van der Waals surface area contributed by atoms with Crippen molar-refractivity contribution in [3.05, 3.63) is 89.9 Å². The van der Waals surface area contributed by atoms with Gasteiger partial charge in [-0.2, -0.15) is 0 Å². The van der Waals surface area contributed by atoms with Crippen LogP contribution >= 0.6 is 0 Å². The summed E-state index contributed by atoms with van der Waals surface area (Å²) in [4.78, 5) is 28.0. The zero-order chi connectivity index (χ0) is 20.3. The third kappa shape index (κ3) is 3.68. The van der Waals surface area contributed by atoms with Gasteiger partial charge in [0.2, 0.25) is 11.8 Å². The first kappa shape index (κ1) is 19.0. The summed E-state index contributed by atoms with van der Waals surface area (Å²) in [6, 6.07) is 21.4. The van der Waals surface area contributed by atoms with Crippen molar-refractivity contribution in [2.75, 3.05) is 18.5 Å². The Morgan fingerprint density at radius 3 is 2.55 bits per heavy atom. The van der Waals surface area contributed by atoms with Gasteiger partial charge in [0.1, 0.15) is 5.76 Å². The van der Waals surface area contributed by atoms with Gasteiger partial charge in [-0.1, -0.05) is 48.5 Å². The Balaban J connectivity index is 1.59. The Labute approximate surface area is 170 Å². The van der Waals surface area contributed by atoms with Crippen LogP contribution in [0.2, 0.25) is 0 Å². The lowest BCUT2D eigenvalue weighted by Gasteiger charge is -2.28. The van der Waals surface area contributed by atoms with Crippen LogP contribution in [0.3, 0.4) is 0 Å². The molecule has 1 N–H and O–H groups in total. The van der Waals surface area contributed by atoms with Gasteiger partial charge in [-0.3, -0.25) is 9.59 Å². The zero-order valence-electron chi connectivity index (χ0n) is 16.4. The van der Waals surface area contributed by atoms with E-state index >= 15 is 0 Å². The lowest BCUT2D eigenvalue weighted by molar-refractivity contribution is -0.129. The summed E-state index contributed by atoms with van der Waals surface area (Å²) in [6.45, 7) is 0.472. The largest absolute Gasteiger partial charge is 0.469 e. The average Bonchev–Trinajstić information content (AvgIpc) is 3.32. The maximum Gasteiger partial charge on any atom is 0.238 e. The van der Waals surface area contributed by atoms with Crippen LogP contribution in [-0.4, -0.2) is 25.4 Å². The molecule has 2 heterocycles. The zero-order valence-corrected chi connectivity index (χ0v) is 16.4. The monoisotopic (exact) mass is 388 g/mol. The molecule has 0 bridgehead atoms. The molecule has 0 radical (unpaired) electrons. The first-order valence-electron chi connectivity index (χ1n) is 9.81. The van der Waals surface area contributed by atoms with Gasteiger partial charge in [-0.05, 0) is 35.7 Å². The van der Waals surface area contributed by atoms with E-state index in [1.165, 1.54) is 0 Å². The van der Waals surface area contributed by atoms with Crippen LogP contribution in [-0.2, 0) is 27.8 Å². The lowest BCUT2D eigenvalue weighted by Crippen LogP contribution is -2.44. The summed E-state index contributed by atoms with van der Waals surface area (Å²) >= 11 is 0. The van der Waals surface area contributed by atoms with Crippen LogP contribution in [0, 0.1) is 0 Å². The standard InChI is InChI=1S/C24H24N2O3/c1-26-21-12-6-5-11-20(21)24(23(26)28,16-18-8-3-2-4-9-18)17-22(27)25-14-13-19-10-7-15-29-19/h2-12,15H,13-14,16-17H2,1H3,(H,25,27)/t24-/m1/s1. The number of fused-ring (bicyclic) bond motifs is 1. The molecular weight excluding hydrogens is 364 g/mol. The summed E-state index contributed by atoms with van der Waals surface area (Å²) in [5.41, 5.74) is 1.92. The third-order valence-electron chi connectivity index (χ3n) is 5.58. The van der Waals surface area contributed by atoms with Gasteiger partial charge in [-0.15, -0.1) is 0 Å². The molecule has 5 heteroatoms.